The van der Waals surface area contributed by atoms with Crippen LogP contribution in [0, 0.1) is 5.92 Å². The molecule has 2 atom stereocenters. The van der Waals surface area contributed by atoms with Gasteiger partial charge in [-0.15, -0.1) is 0 Å². The Labute approximate surface area is 111 Å². The third kappa shape index (κ3) is 3.06. The number of nitrogens with one attached hydrogen (secondary N) is 1. The van der Waals surface area contributed by atoms with Gasteiger partial charge in [-0.3, -0.25) is 4.98 Å². The summed E-state index contributed by atoms with van der Waals surface area (Å²) in [5.41, 5.74) is 0.372. The molecule has 0 radical (unpaired) electrons. The summed E-state index contributed by atoms with van der Waals surface area (Å²) in [5.74, 6) is 0.321. The van der Waals surface area contributed by atoms with Gasteiger partial charge in [-0.05, 0) is 47.4 Å². The Kier molecular flexibility index (Phi) is 4.17. The first-order valence-electron chi connectivity index (χ1n) is 6.17. The van der Waals surface area contributed by atoms with Gasteiger partial charge in [0, 0.05) is 35.2 Å². The van der Waals surface area contributed by atoms with Crippen LogP contribution in [0.3, 0.4) is 0 Å². The van der Waals surface area contributed by atoms with Crippen LogP contribution < -0.4 is 5.32 Å². The maximum Gasteiger partial charge on any atom is 0.0755 e. The van der Waals surface area contributed by atoms with Crippen molar-refractivity contribution in [1.82, 2.24) is 10.3 Å². The summed E-state index contributed by atoms with van der Waals surface area (Å²) in [4.78, 5) is 4.36. The molecule has 1 aromatic heterocycles. The number of rotatable bonds is 3. The van der Waals surface area contributed by atoms with Gasteiger partial charge in [0.05, 0.1) is 5.60 Å². The molecule has 2 heterocycles. The fraction of sp³-hybridized carbons (Fsp3) is 0.615. The monoisotopic (exact) mass is 298 g/mol. The molecule has 2 unspecified atom stereocenters. The van der Waals surface area contributed by atoms with Gasteiger partial charge in [0.2, 0.25) is 0 Å². The molecule has 17 heavy (non-hydrogen) atoms. The summed E-state index contributed by atoms with van der Waals surface area (Å²) < 4.78 is 0.977. The molecular weight excluding hydrogens is 280 g/mol. The molecule has 0 saturated carbocycles. The maximum absolute atomic E-state index is 10.8. The molecule has 1 aromatic rings. The molecule has 1 aliphatic rings. The number of hydrogen-bond donors (Lipinski definition) is 2. The largest absolute Gasteiger partial charge is 0.389 e. The van der Waals surface area contributed by atoms with Crippen LogP contribution in [-0.2, 0) is 6.42 Å². The minimum atomic E-state index is -0.596. The molecule has 0 bridgehead atoms. The normalized spacial score (nSPS) is 29.2. The lowest BCUT2D eigenvalue weighted by Gasteiger charge is -2.40. The molecule has 1 fully saturated rings. The average Bonchev–Trinajstić information content (AvgIpc) is 2.32. The number of halogens is 1. The maximum atomic E-state index is 10.8. The lowest BCUT2D eigenvalue weighted by atomic mass is 9.77. The van der Waals surface area contributed by atoms with Gasteiger partial charge < -0.3 is 10.4 Å². The zero-order valence-corrected chi connectivity index (χ0v) is 11.7. The molecule has 2 rings (SSSR count). The molecule has 3 nitrogen and oxygen atoms in total. The van der Waals surface area contributed by atoms with Gasteiger partial charge in [-0.25, -0.2) is 0 Å². The highest BCUT2D eigenvalue weighted by atomic mass is 79.9. The summed E-state index contributed by atoms with van der Waals surface area (Å²) in [5, 5.41) is 14.1. The third-order valence-corrected chi connectivity index (χ3v) is 4.12. The Bertz CT molecular complexity index is 368. The van der Waals surface area contributed by atoms with E-state index >= 15 is 0 Å². The van der Waals surface area contributed by atoms with Crippen molar-refractivity contribution in [1.29, 1.82) is 0 Å². The first kappa shape index (κ1) is 13.0. The van der Waals surface area contributed by atoms with E-state index in [1.54, 1.807) is 6.20 Å². The molecule has 2 N–H and O–H groups in total. The van der Waals surface area contributed by atoms with Crippen molar-refractivity contribution in [3.8, 4) is 0 Å². The first-order valence-corrected chi connectivity index (χ1v) is 6.97. The molecule has 0 aliphatic carbocycles. The SMILES string of the molecule is CCC1CNCCC1(O)Cc1ccc(Br)cn1. The van der Waals surface area contributed by atoms with E-state index in [-0.39, 0.29) is 0 Å². The Balaban J connectivity index is 2.11. The second-order valence-electron chi connectivity index (χ2n) is 4.81. The minimum Gasteiger partial charge on any atom is -0.389 e. The fourth-order valence-electron chi connectivity index (χ4n) is 2.56. The van der Waals surface area contributed by atoms with Gasteiger partial charge in [0.25, 0.3) is 0 Å². The number of nitrogens with zero attached hydrogens (tertiary/aromatic N) is 1. The Hall–Kier alpha value is -0.450. The van der Waals surface area contributed by atoms with Crippen molar-refractivity contribution in [3.63, 3.8) is 0 Å². The second-order valence-corrected chi connectivity index (χ2v) is 5.72. The summed E-state index contributed by atoms with van der Waals surface area (Å²) in [6.45, 7) is 3.94. The Morgan fingerprint density at radius 1 is 1.59 bits per heavy atom. The third-order valence-electron chi connectivity index (χ3n) is 3.65. The van der Waals surface area contributed by atoms with Crippen LogP contribution in [0.5, 0.6) is 0 Å². The van der Waals surface area contributed by atoms with Gasteiger partial charge in [-0.1, -0.05) is 6.92 Å². The van der Waals surface area contributed by atoms with Crippen LogP contribution in [0.1, 0.15) is 25.5 Å². The molecule has 0 amide bonds. The Morgan fingerprint density at radius 2 is 2.41 bits per heavy atom. The quantitative estimate of drug-likeness (QED) is 0.899. The molecule has 0 spiro atoms. The van der Waals surface area contributed by atoms with Crippen LogP contribution in [0.2, 0.25) is 0 Å². The van der Waals surface area contributed by atoms with Crippen molar-refractivity contribution in [2.24, 2.45) is 5.92 Å². The highest BCUT2D eigenvalue weighted by molar-refractivity contribution is 9.10. The van der Waals surface area contributed by atoms with E-state index in [0.717, 1.165) is 36.1 Å². The van der Waals surface area contributed by atoms with Crippen LogP contribution in [0.15, 0.2) is 22.8 Å². The van der Waals surface area contributed by atoms with Gasteiger partial charge in [0.1, 0.15) is 0 Å². The van der Waals surface area contributed by atoms with Crippen LogP contribution in [0.25, 0.3) is 0 Å². The van der Waals surface area contributed by atoms with E-state index < -0.39 is 5.60 Å². The first-order chi connectivity index (χ1) is 8.14. The topological polar surface area (TPSA) is 45.1 Å². The van der Waals surface area contributed by atoms with E-state index in [9.17, 15) is 5.11 Å². The summed E-state index contributed by atoms with van der Waals surface area (Å²) in [7, 11) is 0. The molecule has 4 heteroatoms. The van der Waals surface area contributed by atoms with Crippen molar-refractivity contribution in [2.45, 2.75) is 31.8 Å². The number of pyridine rings is 1. The summed E-state index contributed by atoms with van der Waals surface area (Å²) in [6, 6.07) is 3.96. The van der Waals surface area contributed by atoms with Gasteiger partial charge in [0.15, 0.2) is 0 Å². The predicted molar refractivity (Wildman–Crippen MR) is 71.9 cm³/mol. The number of aliphatic hydroxyl groups is 1. The van der Waals surface area contributed by atoms with Crippen molar-refractivity contribution in [3.05, 3.63) is 28.5 Å². The van der Waals surface area contributed by atoms with Crippen molar-refractivity contribution < 1.29 is 5.11 Å². The number of hydrogen-bond acceptors (Lipinski definition) is 3. The zero-order chi connectivity index (χ0) is 12.3. The van der Waals surface area contributed by atoms with E-state index in [2.05, 4.69) is 33.2 Å². The van der Waals surface area contributed by atoms with E-state index in [1.165, 1.54) is 0 Å². The van der Waals surface area contributed by atoms with Crippen LogP contribution >= 0.6 is 15.9 Å². The molecule has 1 saturated heterocycles. The van der Waals surface area contributed by atoms with E-state index in [4.69, 9.17) is 0 Å². The molecule has 94 valence electrons. The second kappa shape index (κ2) is 5.46. The van der Waals surface area contributed by atoms with E-state index in [1.807, 2.05) is 12.1 Å². The van der Waals surface area contributed by atoms with Crippen molar-refractivity contribution >= 4 is 15.9 Å². The molecular formula is C13H19BrN2O. The lowest BCUT2D eigenvalue weighted by molar-refractivity contribution is -0.0421. The summed E-state index contributed by atoms with van der Waals surface area (Å²) in [6.07, 6.45) is 4.25. The molecule has 1 aliphatic heterocycles. The minimum absolute atomic E-state index is 0.321. The van der Waals surface area contributed by atoms with Crippen LogP contribution in [-0.4, -0.2) is 28.8 Å². The van der Waals surface area contributed by atoms with E-state index in [0.29, 0.717) is 12.3 Å². The lowest BCUT2D eigenvalue weighted by Crippen LogP contribution is -2.51. The number of piperidine rings is 1. The van der Waals surface area contributed by atoms with Gasteiger partial charge >= 0.3 is 0 Å². The predicted octanol–water partition coefficient (Wildman–Crippen LogP) is 2.14. The summed E-state index contributed by atoms with van der Waals surface area (Å²) >= 11 is 3.37. The fourth-order valence-corrected chi connectivity index (χ4v) is 2.79. The van der Waals surface area contributed by atoms with Crippen molar-refractivity contribution in [2.75, 3.05) is 13.1 Å². The highest BCUT2D eigenvalue weighted by Crippen LogP contribution is 2.30. The zero-order valence-electron chi connectivity index (χ0n) is 10.1. The highest BCUT2D eigenvalue weighted by Gasteiger charge is 2.38. The van der Waals surface area contributed by atoms with Crippen LogP contribution in [0.4, 0.5) is 0 Å². The number of aromatic nitrogens is 1. The smallest absolute Gasteiger partial charge is 0.0755 e. The molecule has 0 aromatic carbocycles. The standard InChI is InChI=1S/C13H19BrN2O/c1-2-10-8-15-6-5-13(10,17)7-12-4-3-11(14)9-16-12/h3-4,9-10,15,17H,2,5-8H2,1H3. The average molecular weight is 299 g/mol. The Morgan fingerprint density at radius 3 is 3.06 bits per heavy atom. The van der Waals surface area contributed by atoms with Gasteiger partial charge in [-0.2, -0.15) is 0 Å².